The molecule has 0 spiro atoms. The Bertz CT molecular complexity index is 1130. The summed E-state index contributed by atoms with van der Waals surface area (Å²) in [5, 5.41) is 9.39. The molecule has 0 saturated carbocycles. The number of carbonyl (C=O) groups excluding carboxylic acids is 2. The van der Waals surface area contributed by atoms with Crippen LogP contribution < -0.4 is 16.0 Å². The average molecular weight is 475 g/mol. The lowest BCUT2D eigenvalue weighted by Crippen LogP contribution is -2.42. The number of aryl methyl sites for hydroxylation is 1. The summed E-state index contributed by atoms with van der Waals surface area (Å²) in [7, 11) is 0. The van der Waals surface area contributed by atoms with E-state index in [0.717, 1.165) is 69.4 Å². The molecule has 1 saturated heterocycles. The third-order valence-corrected chi connectivity index (χ3v) is 7.21. The fourth-order valence-electron chi connectivity index (χ4n) is 5.18. The molecule has 2 aromatic heterocycles. The largest absolute Gasteiger partial charge is 0.354 e. The number of fused-ring (bicyclic) bond motifs is 6. The van der Waals surface area contributed by atoms with E-state index in [1.165, 1.54) is 0 Å². The van der Waals surface area contributed by atoms with Crippen LogP contribution in [0.4, 0.5) is 0 Å². The number of piperidine rings is 1. The summed E-state index contributed by atoms with van der Waals surface area (Å²) in [6.07, 6.45) is 12.5. The normalized spacial score (nSPS) is 22.6. The number of rotatable bonds is 1. The molecular weight excluding hydrogens is 440 g/mol. The minimum atomic E-state index is -0.329. The molecule has 0 radical (unpaired) electrons. The molecular formula is C27H34N6O2. The highest BCUT2D eigenvalue weighted by molar-refractivity contribution is 6.45. The van der Waals surface area contributed by atoms with Crippen molar-refractivity contribution in [2.75, 3.05) is 26.2 Å². The quantitative estimate of drug-likeness (QED) is 0.592. The number of carbonyl (C=O) groups is 2. The average Bonchev–Trinajstić information content (AvgIpc) is 3.37. The minimum absolute atomic E-state index is 0.209. The monoisotopic (exact) mass is 474 g/mol. The Morgan fingerprint density at radius 2 is 1.74 bits per heavy atom. The van der Waals surface area contributed by atoms with Crippen molar-refractivity contribution in [1.82, 2.24) is 25.5 Å². The number of nitrogens with one attached hydrogen (secondary N) is 3. The van der Waals surface area contributed by atoms with Crippen LogP contribution in [0.2, 0.25) is 0 Å². The molecule has 3 aliphatic rings. The van der Waals surface area contributed by atoms with Gasteiger partial charge in [-0.2, -0.15) is 0 Å². The smallest absolute Gasteiger partial charge is 0.274 e. The van der Waals surface area contributed by atoms with E-state index in [4.69, 9.17) is 0 Å². The first-order chi connectivity index (χ1) is 17.2. The fraction of sp³-hybridized carbons (Fsp3) is 0.481. The summed E-state index contributed by atoms with van der Waals surface area (Å²) >= 11 is 0. The summed E-state index contributed by atoms with van der Waals surface area (Å²) < 4.78 is 2.17. The van der Waals surface area contributed by atoms with Gasteiger partial charge in [0.25, 0.3) is 11.8 Å². The standard InChI is InChI=1S/C27H34N6O2/c34-26-23-7-5-6-22(31-23)20-10-15-33(18-20)14-4-2-1-3-11-29-27(35)25-24(32-26)16-21(17-30-25)19-8-12-28-13-9-19/h5-7,10,15-16,18-19,21,28H,1-4,8-9,11-14,17H2,(H,29,35)(H,32,34). The number of aromatic nitrogens is 2. The van der Waals surface area contributed by atoms with Gasteiger partial charge in [0, 0.05) is 43.5 Å². The maximum absolute atomic E-state index is 13.3. The van der Waals surface area contributed by atoms with Crippen molar-refractivity contribution in [1.29, 1.82) is 0 Å². The Morgan fingerprint density at radius 3 is 2.63 bits per heavy atom. The van der Waals surface area contributed by atoms with E-state index in [1.807, 2.05) is 18.2 Å². The van der Waals surface area contributed by atoms with Crippen LogP contribution in [0, 0.1) is 11.8 Å². The summed E-state index contributed by atoms with van der Waals surface area (Å²) in [6, 6.07) is 7.52. The fourth-order valence-corrected chi connectivity index (χ4v) is 5.18. The maximum Gasteiger partial charge on any atom is 0.274 e. The molecule has 8 heteroatoms. The third kappa shape index (κ3) is 5.70. The van der Waals surface area contributed by atoms with Crippen molar-refractivity contribution >= 4 is 17.5 Å². The lowest BCUT2D eigenvalue weighted by Gasteiger charge is -2.31. The Kier molecular flexibility index (Phi) is 7.37. The van der Waals surface area contributed by atoms with Gasteiger partial charge in [0.1, 0.15) is 11.4 Å². The Morgan fingerprint density at radius 1 is 0.914 bits per heavy atom. The molecule has 2 amide bonds. The third-order valence-electron chi connectivity index (χ3n) is 7.21. The minimum Gasteiger partial charge on any atom is -0.354 e. The molecule has 4 bridgehead atoms. The zero-order valence-electron chi connectivity index (χ0n) is 20.1. The van der Waals surface area contributed by atoms with Crippen molar-refractivity contribution in [2.24, 2.45) is 16.8 Å². The number of hydrogen-bond acceptors (Lipinski definition) is 5. The van der Waals surface area contributed by atoms with Crippen LogP contribution in [0.3, 0.4) is 0 Å². The molecule has 3 aliphatic heterocycles. The molecule has 0 aromatic carbocycles. The molecule has 5 heterocycles. The predicted molar refractivity (Wildman–Crippen MR) is 136 cm³/mol. The van der Waals surface area contributed by atoms with Gasteiger partial charge in [0.05, 0.1) is 11.4 Å². The second-order valence-corrected chi connectivity index (χ2v) is 9.69. The van der Waals surface area contributed by atoms with Gasteiger partial charge in [-0.15, -0.1) is 0 Å². The zero-order valence-corrected chi connectivity index (χ0v) is 20.1. The van der Waals surface area contributed by atoms with E-state index in [1.54, 1.807) is 6.07 Å². The van der Waals surface area contributed by atoms with Crippen LogP contribution >= 0.6 is 0 Å². The first-order valence-corrected chi connectivity index (χ1v) is 12.9. The SMILES string of the molecule is O=C1NCCCCCCn2ccc(c2)-c2cccc(n2)C(=O)NC2=CC(C3CCNCC3)CN=C12. The molecule has 0 aliphatic carbocycles. The lowest BCUT2D eigenvalue weighted by atomic mass is 9.83. The van der Waals surface area contributed by atoms with Gasteiger partial charge < -0.3 is 20.5 Å². The number of pyridine rings is 1. The Labute approximate surface area is 206 Å². The van der Waals surface area contributed by atoms with Gasteiger partial charge in [0.2, 0.25) is 0 Å². The molecule has 2 aromatic rings. The lowest BCUT2D eigenvalue weighted by molar-refractivity contribution is -0.114. The van der Waals surface area contributed by atoms with Gasteiger partial charge in [-0.25, -0.2) is 4.98 Å². The van der Waals surface area contributed by atoms with Gasteiger partial charge in [-0.05, 0) is 62.9 Å². The first kappa shape index (κ1) is 23.5. The summed E-state index contributed by atoms with van der Waals surface area (Å²) in [5.41, 5.74) is 2.89. The maximum atomic E-state index is 13.3. The Hall–Kier alpha value is -3.26. The van der Waals surface area contributed by atoms with Crippen molar-refractivity contribution < 1.29 is 9.59 Å². The molecule has 8 nitrogen and oxygen atoms in total. The van der Waals surface area contributed by atoms with Crippen molar-refractivity contribution in [2.45, 2.75) is 45.1 Å². The van der Waals surface area contributed by atoms with Gasteiger partial charge >= 0.3 is 0 Å². The van der Waals surface area contributed by atoms with Crippen LogP contribution in [-0.2, 0) is 11.3 Å². The molecule has 1 unspecified atom stereocenters. The molecule has 1 fully saturated rings. The number of amides is 2. The van der Waals surface area contributed by atoms with E-state index in [0.29, 0.717) is 36.1 Å². The molecule has 5 rings (SSSR count). The van der Waals surface area contributed by atoms with Crippen LogP contribution in [0.5, 0.6) is 0 Å². The highest BCUT2D eigenvalue weighted by Gasteiger charge is 2.29. The van der Waals surface area contributed by atoms with Crippen LogP contribution in [0.1, 0.15) is 49.0 Å². The highest BCUT2D eigenvalue weighted by atomic mass is 16.2. The zero-order chi connectivity index (χ0) is 24.0. The van der Waals surface area contributed by atoms with Crippen LogP contribution in [-0.4, -0.2) is 53.3 Å². The summed E-state index contributed by atoms with van der Waals surface area (Å²) in [4.78, 5) is 35.6. The van der Waals surface area contributed by atoms with Crippen molar-refractivity contribution in [3.8, 4) is 11.3 Å². The predicted octanol–water partition coefficient (Wildman–Crippen LogP) is 2.92. The van der Waals surface area contributed by atoms with Gasteiger partial charge in [-0.3, -0.25) is 14.6 Å². The number of nitrogens with zero attached hydrogens (tertiary/aromatic N) is 3. The highest BCUT2D eigenvalue weighted by Crippen LogP contribution is 2.27. The van der Waals surface area contributed by atoms with Gasteiger partial charge in [0.15, 0.2) is 0 Å². The molecule has 3 N–H and O–H groups in total. The number of hydrogen-bond donors (Lipinski definition) is 3. The Balaban J connectivity index is 1.43. The van der Waals surface area contributed by atoms with Crippen LogP contribution in [0.15, 0.2) is 53.4 Å². The van der Waals surface area contributed by atoms with Crippen LogP contribution in [0.25, 0.3) is 11.3 Å². The molecule has 184 valence electrons. The van der Waals surface area contributed by atoms with Crippen molar-refractivity contribution in [3.63, 3.8) is 0 Å². The second-order valence-electron chi connectivity index (χ2n) is 9.69. The van der Waals surface area contributed by atoms with Gasteiger partial charge in [-0.1, -0.05) is 25.0 Å². The summed E-state index contributed by atoms with van der Waals surface area (Å²) in [6.45, 7) is 4.11. The van der Waals surface area contributed by atoms with E-state index in [-0.39, 0.29) is 17.7 Å². The number of aliphatic imine (C=N–C) groups is 1. The van der Waals surface area contributed by atoms with E-state index >= 15 is 0 Å². The second kappa shape index (κ2) is 11.0. The number of dihydropyridines is 1. The van der Waals surface area contributed by atoms with E-state index in [9.17, 15) is 9.59 Å². The topological polar surface area (TPSA) is 100 Å². The van der Waals surface area contributed by atoms with Crippen molar-refractivity contribution in [3.05, 3.63) is 54.1 Å². The summed E-state index contributed by atoms with van der Waals surface area (Å²) in [5.74, 6) is 0.153. The van der Waals surface area contributed by atoms with E-state index < -0.39 is 0 Å². The van der Waals surface area contributed by atoms with E-state index in [2.05, 4.69) is 49.0 Å². The molecule has 1 atom stereocenters. The first-order valence-electron chi connectivity index (χ1n) is 12.9. The molecule has 35 heavy (non-hydrogen) atoms.